The zero-order valence-electron chi connectivity index (χ0n) is 12.2. The highest BCUT2D eigenvalue weighted by molar-refractivity contribution is 6.04. The maximum atomic E-state index is 10.6. The predicted octanol–water partition coefficient (Wildman–Crippen LogP) is -0.484. The van der Waals surface area contributed by atoms with E-state index in [4.69, 9.17) is 15.9 Å². The molecule has 0 saturated carbocycles. The predicted molar refractivity (Wildman–Crippen MR) is 81.4 cm³/mol. The standard InChI is InChI=1S/C11H12N2O2.C4H5NO3/c12-9(11(14)15)5-7-6-13-10-4-2-1-3-8(7)10;6-2-1-3(7)5-4(2)8/h1-4,6,9,13H,5,12H2,(H,14,15);2,6H,1H2,(H,5,7,8). The summed E-state index contributed by atoms with van der Waals surface area (Å²) in [6, 6.07) is 6.91. The molecular weight excluding hydrogens is 302 g/mol. The number of nitrogens with one attached hydrogen (secondary N) is 2. The van der Waals surface area contributed by atoms with E-state index in [2.05, 4.69) is 4.98 Å². The monoisotopic (exact) mass is 319 g/mol. The highest BCUT2D eigenvalue weighted by Gasteiger charge is 2.27. The largest absolute Gasteiger partial charge is 0.480 e. The highest BCUT2D eigenvalue weighted by Crippen LogP contribution is 2.18. The average Bonchev–Trinajstić information content (AvgIpc) is 3.03. The van der Waals surface area contributed by atoms with Crippen molar-refractivity contribution >= 4 is 28.7 Å². The third-order valence-electron chi connectivity index (χ3n) is 3.38. The molecule has 2 atom stereocenters. The van der Waals surface area contributed by atoms with Gasteiger partial charge < -0.3 is 20.9 Å². The molecule has 0 bridgehead atoms. The number of hydrogen-bond acceptors (Lipinski definition) is 5. The number of rotatable bonds is 3. The molecule has 2 heterocycles. The lowest BCUT2D eigenvalue weighted by atomic mass is 10.1. The van der Waals surface area contributed by atoms with Gasteiger partial charge in [-0.05, 0) is 11.6 Å². The number of hydrogen-bond donors (Lipinski definition) is 5. The van der Waals surface area contributed by atoms with Gasteiger partial charge in [0.05, 0.1) is 6.42 Å². The number of carboxylic acids is 1. The number of aromatic nitrogens is 1. The van der Waals surface area contributed by atoms with Gasteiger partial charge in [0.15, 0.2) is 0 Å². The van der Waals surface area contributed by atoms with Gasteiger partial charge in [-0.1, -0.05) is 18.2 Å². The van der Waals surface area contributed by atoms with E-state index >= 15 is 0 Å². The van der Waals surface area contributed by atoms with Gasteiger partial charge in [-0.3, -0.25) is 19.7 Å². The number of carboxylic acid groups (broad SMARTS) is 1. The first-order chi connectivity index (χ1) is 10.9. The Morgan fingerprint density at radius 3 is 2.57 bits per heavy atom. The van der Waals surface area contributed by atoms with Crippen LogP contribution in [0.5, 0.6) is 0 Å². The summed E-state index contributed by atoms with van der Waals surface area (Å²) < 4.78 is 0. The Bertz CT molecular complexity index is 740. The normalized spacial score (nSPS) is 18.3. The number of amides is 2. The number of aliphatic hydroxyl groups is 1. The molecule has 1 saturated heterocycles. The van der Waals surface area contributed by atoms with Crippen molar-refractivity contribution in [1.29, 1.82) is 0 Å². The van der Waals surface area contributed by atoms with Crippen molar-refractivity contribution in [3.8, 4) is 0 Å². The van der Waals surface area contributed by atoms with Crippen molar-refractivity contribution in [1.82, 2.24) is 10.3 Å². The van der Waals surface area contributed by atoms with Crippen molar-refractivity contribution in [2.45, 2.75) is 25.0 Å². The van der Waals surface area contributed by atoms with Crippen LogP contribution in [-0.2, 0) is 20.8 Å². The number of imide groups is 1. The van der Waals surface area contributed by atoms with Crippen molar-refractivity contribution in [2.75, 3.05) is 0 Å². The number of carbonyl (C=O) groups is 3. The zero-order valence-corrected chi connectivity index (χ0v) is 12.2. The van der Waals surface area contributed by atoms with E-state index in [1.165, 1.54) is 0 Å². The summed E-state index contributed by atoms with van der Waals surface area (Å²) in [6.07, 6.45) is 0.966. The Hall–Kier alpha value is -2.71. The molecule has 0 radical (unpaired) electrons. The molecule has 122 valence electrons. The molecule has 0 spiro atoms. The molecule has 1 aromatic carbocycles. The Kier molecular flexibility index (Phi) is 5.09. The fraction of sp³-hybridized carbons (Fsp3) is 0.267. The second-order valence-corrected chi connectivity index (χ2v) is 5.14. The van der Waals surface area contributed by atoms with Crippen LogP contribution < -0.4 is 11.1 Å². The minimum absolute atomic E-state index is 0.0845. The summed E-state index contributed by atoms with van der Waals surface area (Å²) in [5.74, 6) is -1.96. The van der Waals surface area contributed by atoms with Crippen LogP contribution >= 0.6 is 0 Å². The number of carbonyl (C=O) groups excluding carboxylic acids is 2. The highest BCUT2D eigenvalue weighted by atomic mass is 16.4. The fourth-order valence-corrected chi connectivity index (χ4v) is 2.16. The van der Waals surface area contributed by atoms with Gasteiger partial charge in [0.2, 0.25) is 5.91 Å². The van der Waals surface area contributed by atoms with Crippen molar-refractivity contribution < 1.29 is 24.6 Å². The van der Waals surface area contributed by atoms with Crippen LogP contribution in [0.25, 0.3) is 10.9 Å². The smallest absolute Gasteiger partial charge is 0.320 e. The molecule has 2 amide bonds. The van der Waals surface area contributed by atoms with E-state index in [9.17, 15) is 14.4 Å². The van der Waals surface area contributed by atoms with E-state index in [1.807, 2.05) is 35.8 Å². The van der Waals surface area contributed by atoms with Gasteiger partial charge in [0, 0.05) is 23.5 Å². The summed E-state index contributed by atoms with van der Waals surface area (Å²) in [6.45, 7) is 0. The molecule has 0 aliphatic carbocycles. The van der Waals surface area contributed by atoms with Gasteiger partial charge in [0.1, 0.15) is 12.1 Å². The summed E-state index contributed by atoms with van der Waals surface area (Å²) in [5.41, 5.74) is 7.43. The number of para-hydroxylation sites is 1. The number of aromatic amines is 1. The molecule has 2 aromatic rings. The number of aliphatic hydroxyl groups excluding tert-OH is 1. The Labute approximate surface area is 131 Å². The lowest BCUT2D eigenvalue weighted by Crippen LogP contribution is -2.32. The molecule has 8 heteroatoms. The number of benzene rings is 1. The molecule has 23 heavy (non-hydrogen) atoms. The van der Waals surface area contributed by atoms with Crippen molar-refractivity contribution in [3.05, 3.63) is 36.0 Å². The Morgan fingerprint density at radius 1 is 1.35 bits per heavy atom. The van der Waals surface area contributed by atoms with Crippen molar-refractivity contribution in [3.63, 3.8) is 0 Å². The number of aliphatic carboxylic acids is 1. The van der Waals surface area contributed by atoms with Gasteiger partial charge in [-0.25, -0.2) is 0 Å². The second-order valence-electron chi connectivity index (χ2n) is 5.14. The van der Waals surface area contributed by atoms with Crippen LogP contribution in [-0.4, -0.2) is 45.1 Å². The SMILES string of the molecule is NC(Cc1c[nH]c2ccccc12)C(=O)O.O=C1CC(O)C(=O)N1. The van der Waals surface area contributed by atoms with E-state index in [0.29, 0.717) is 6.42 Å². The first-order valence-corrected chi connectivity index (χ1v) is 6.93. The summed E-state index contributed by atoms with van der Waals surface area (Å²) in [4.78, 5) is 34.1. The molecule has 8 nitrogen and oxygen atoms in total. The molecule has 3 rings (SSSR count). The van der Waals surface area contributed by atoms with E-state index in [1.54, 1.807) is 0 Å². The number of nitrogens with two attached hydrogens (primary N) is 1. The van der Waals surface area contributed by atoms with Crippen LogP contribution in [0.1, 0.15) is 12.0 Å². The second kappa shape index (κ2) is 7.03. The van der Waals surface area contributed by atoms with E-state index < -0.39 is 29.9 Å². The molecule has 1 aliphatic heterocycles. The molecule has 1 aliphatic rings. The maximum absolute atomic E-state index is 10.6. The van der Waals surface area contributed by atoms with Crippen LogP contribution in [0, 0.1) is 0 Å². The zero-order chi connectivity index (χ0) is 17.0. The third kappa shape index (κ3) is 4.15. The lowest BCUT2D eigenvalue weighted by Gasteiger charge is -2.04. The summed E-state index contributed by atoms with van der Waals surface area (Å²) in [5, 5.41) is 20.2. The van der Waals surface area contributed by atoms with E-state index in [0.717, 1.165) is 16.5 Å². The minimum Gasteiger partial charge on any atom is -0.480 e. The molecular formula is C15H17N3O5. The first kappa shape index (κ1) is 16.7. The van der Waals surface area contributed by atoms with Crippen LogP contribution in [0.4, 0.5) is 0 Å². The number of H-pyrrole nitrogens is 1. The fourth-order valence-electron chi connectivity index (χ4n) is 2.16. The minimum atomic E-state index is -1.11. The summed E-state index contributed by atoms with van der Waals surface area (Å²) >= 11 is 0. The van der Waals surface area contributed by atoms with Gasteiger partial charge in [-0.2, -0.15) is 0 Å². The van der Waals surface area contributed by atoms with Crippen LogP contribution in [0.3, 0.4) is 0 Å². The average molecular weight is 319 g/mol. The number of fused-ring (bicyclic) bond motifs is 1. The van der Waals surface area contributed by atoms with Crippen LogP contribution in [0.2, 0.25) is 0 Å². The molecule has 2 unspecified atom stereocenters. The Balaban J connectivity index is 0.000000203. The molecule has 1 fully saturated rings. The molecule has 1 aromatic heterocycles. The molecule has 6 N–H and O–H groups in total. The lowest BCUT2D eigenvalue weighted by molar-refractivity contribution is -0.138. The maximum Gasteiger partial charge on any atom is 0.320 e. The van der Waals surface area contributed by atoms with Crippen LogP contribution in [0.15, 0.2) is 30.5 Å². The first-order valence-electron chi connectivity index (χ1n) is 6.93. The topological polar surface area (TPSA) is 146 Å². The van der Waals surface area contributed by atoms with Crippen molar-refractivity contribution in [2.24, 2.45) is 5.73 Å². The van der Waals surface area contributed by atoms with E-state index in [-0.39, 0.29) is 6.42 Å². The van der Waals surface area contributed by atoms with Gasteiger partial charge in [0.25, 0.3) is 5.91 Å². The van der Waals surface area contributed by atoms with Gasteiger partial charge >= 0.3 is 5.97 Å². The quantitative estimate of drug-likeness (QED) is 0.483. The third-order valence-corrected chi connectivity index (χ3v) is 3.38. The Morgan fingerprint density at radius 2 is 2.04 bits per heavy atom. The van der Waals surface area contributed by atoms with Gasteiger partial charge in [-0.15, -0.1) is 0 Å². The summed E-state index contributed by atoms with van der Waals surface area (Å²) in [7, 11) is 0.